The molecule has 1 aliphatic carbocycles. The van der Waals surface area contributed by atoms with Crippen molar-refractivity contribution in [3.05, 3.63) is 65.4 Å². The summed E-state index contributed by atoms with van der Waals surface area (Å²) >= 11 is 0. The van der Waals surface area contributed by atoms with Crippen molar-refractivity contribution in [2.24, 2.45) is 11.7 Å². The number of Topliss-reactive ketones (excluding diaryl/α,β-unsaturated/α-hetero) is 1. The number of ether oxygens (including phenoxy) is 1. The van der Waals surface area contributed by atoms with E-state index in [-0.39, 0.29) is 36.3 Å². The van der Waals surface area contributed by atoms with Gasteiger partial charge in [0.15, 0.2) is 5.78 Å². The molecule has 2 aliphatic rings. The van der Waals surface area contributed by atoms with Gasteiger partial charge in [0, 0.05) is 48.9 Å². The molecule has 1 saturated carbocycles. The third-order valence-corrected chi connectivity index (χ3v) is 7.58. The number of hydrogen-bond acceptors (Lipinski definition) is 6. The van der Waals surface area contributed by atoms with Gasteiger partial charge in [-0.3, -0.25) is 14.8 Å². The molecule has 5 atom stereocenters. The van der Waals surface area contributed by atoms with Gasteiger partial charge < -0.3 is 15.4 Å². The number of ketones is 1. The maximum atomic E-state index is 14.9. The molecule has 5 rings (SSSR count). The Hall–Kier alpha value is -2.90. The Bertz CT molecular complexity index is 1250. The van der Waals surface area contributed by atoms with E-state index in [4.69, 9.17) is 10.5 Å². The van der Waals surface area contributed by atoms with Gasteiger partial charge in [0.1, 0.15) is 5.82 Å². The van der Waals surface area contributed by atoms with Gasteiger partial charge >= 0.3 is 0 Å². The smallest absolute Gasteiger partial charge is 0.169 e. The Morgan fingerprint density at radius 2 is 1.89 bits per heavy atom. The predicted octanol–water partition coefficient (Wildman–Crippen LogP) is 5.04. The molecule has 2 aromatic heterocycles. The first-order chi connectivity index (χ1) is 17.3. The molecule has 6 nitrogen and oxygen atoms in total. The Kier molecular flexibility index (Phi) is 7.04. The van der Waals surface area contributed by atoms with E-state index in [1.165, 1.54) is 6.07 Å². The van der Waals surface area contributed by atoms with Crippen LogP contribution in [0.4, 0.5) is 10.1 Å². The fraction of sp³-hybridized carbons (Fsp3) is 0.483. The molecular weight excluding hydrogens is 455 g/mol. The van der Waals surface area contributed by atoms with E-state index in [2.05, 4.69) is 21.8 Å². The number of nitrogens with two attached hydrogens (primary N) is 1. The number of anilines is 1. The third kappa shape index (κ3) is 5.13. The van der Waals surface area contributed by atoms with Crippen LogP contribution in [-0.2, 0) is 11.2 Å². The zero-order valence-electron chi connectivity index (χ0n) is 21.3. The van der Waals surface area contributed by atoms with Crippen molar-refractivity contribution in [3.8, 4) is 0 Å². The summed E-state index contributed by atoms with van der Waals surface area (Å²) in [6.07, 6.45) is 8.69. The lowest BCUT2D eigenvalue weighted by Crippen LogP contribution is -2.45. The van der Waals surface area contributed by atoms with Gasteiger partial charge in [0.25, 0.3) is 0 Å². The predicted molar refractivity (Wildman–Crippen MR) is 140 cm³/mol. The van der Waals surface area contributed by atoms with E-state index in [0.29, 0.717) is 41.4 Å². The monoisotopic (exact) mass is 490 g/mol. The van der Waals surface area contributed by atoms with Crippen LogP contribution in [0.3, 0.4) is 0 Å². The minimum Gasteiger partial charge on any atom is -0.372 e. The first-order valence-corrected chi connectivity index (χ1v) is 13.0. The van der Waals surface area contributed by atoms with Crippen LogP contribution in [-0.4, -0.2) is 47.1 Å². The molecule has 3 aromatic rings. The van der Waals surface area contributed by atoms with E-state index in [0.717, 1.165) is 36.1 Å². The first-order valence-electron chi connectivity index (χ1n) is 13.0. The summed E-state index contributed by atoms with van der Waals surface area (Å²) in [5.41, 5.74) is 10.1. The SMILES string of the molecule is CC1CN(c2cnc3c(C(=O)Cc4cnccc4[C@@H]4C[C@H](C)C[C@H](N)C4)ccc(F)c3c2)CC(C)O1. The number of rotatable bonds is 5. The molecule has 0 radical (unpaired) electrons. The van der Waals surface area contributed by atoms with Crippen LogP contribution in [0.1, 0.15) is 67.4 Å². The largest absolute Gasteiger partial charge is 0.372 e. The van der Waals surface area contributed by atoms with Crippen molar-refractivity contribution in [3.63, 3.8) is 0 Å². The molecule has 3 heterocycles. The Labute approximate surface area is 212 Å². The molecule has 7 heteroatoms. The summed E-state index contributed by atoms with van der Waals surface area (Å²) in [6.45, 7) is 7.72. The number of pyridine rings is 2. The maximum absolute atomic E-state index is 14.9. The van der Waals surface area contributed by atoms with Gasteiger partial charge in [-0.15, -0.1) is 0 Å². The van der Waals surface area contributed by atoms with Crippen LogP contribution in [0, 0.1) is 11.7 Å². The average Bonchev–Trinajstić information content (AvgIpc) is 2.83. The minimum atomic E-state index is -0.377. The number of carbonyl (C=O) groups excluding carboxylic acids is 1. The number of carbonyl (C=O) groups is 1. The zero-order valence-corrected chi connectivity index (χ0v) is 21.3. The highest BCUT2D eigenvalue weighted by Crippen LogP contribution is 2.37. The number of hydrogen-bond donors (Lipinski definition) is 1. The average molecular weight is 491 g/mol. The molecule has 0 amide bonds. The number of fused-ring (bicyclic) bond motifs is 1. The second-order valence-electron chi connectivity index (χ2n) is 10.8. The summed E-state index contributed by atoms with van der Waals surface area (Å²) in [5.74, 6) is 0.402. The van der Waals surface area contributed by atoms with Gasteiger partial charge in [-0.05, 0) is 80.3 Å². The van der Waals surface area contributed by atoms with Crippen LogP contribution in [0.5, 0.6) is 0 Å². The number of benzene rings is 1. The normalized spacial score (nSPS) is 26.8. The van der Waals surface area contributed by atoms with E-state index in [1.807, 2.05) is 19.9 Å². The number of halogens is 1. The topological polar surface area (TPSA) is 81.3 Å². The Morgan fingerprint density at radius 1 is 1.11 bits per heavy atom. The lowest BCUT2D eigenvalue weighted by atomic mass is 9.75. The molecule has 2 unspecified atom stereocenters. The lowest BCUT2D eigenvalue weighted by Gasteiger charge is -2.36. The second kappa shape index (κ2) is 10.2. The molecule has 2 fully saturated rings. The highest BCUT2D eigenvalue weighted by molar-refractivity contribution is 6.08. The molecule has 0 spiro atoms. The maximum Gasteiger partial charge on any atom is 0.169 e. The van der Waals surface area contributed by atoms with Gasteiger partial charge in [-0.1, -0.05) is 6.92 Å². The van der Waals surface area contributed by atoms with Gasteiger partial charge in [-0.25, -0.2) is 4.39 Å². The summed E-state index contributed by atoms with van der Waals surface area (Å²) in [4.78, 5) is 24.6. The van der Waals surface area contributed by atoms with Crippen molar-refractivity contribution >= 4 is 22.4 Å². The molecule has 1 saturated heterocycles. The van der Waals surface area contributed by atoms with Crippen molar-refractivity contribution in [2.75, 3.05) is 18.0 Å². The third-order valence-electron chi connectivity index (χ3n) is 7.58. The first kappa shape index (κ1) is 24.8. The lowest BCUT2D eigenvalue weighted by molar-refractivity contribution is -0.00522. The van der Waals surface area contributed by atoms with Crippen LogP contribution in [0.15, 0.2) is 42.9 Å². The van der Waals surface area contributed by atoms with E-state index in [9.17, 15) is 9.18 Å². The summed E-state index contributed by atoms with van der Waals surface area (Å²) in [6, 6.07) is 6.93. The molecule has 1 aromatic carbocycles. The van der Waals surface area contributed by atoms with Crippen LogP contribution in [0.25, 0.3) is 10.9 Å². The van der Waals surface area contributed by atoms with E-state index in [1.54, 1.807) is 30.7 Å². The molecule has 1 aliphatic heterocycles. The second-order valence-corrected chi connectivity index (χ2v) is 10.8. The standard InChI is InChI=1S/C29H35FN4O2/c1-17-8-20(10-22(31)9-17)24-6-7-32-13-21(24)11-28(35)25-4-5-27(30)26-12-23(14-33-29(25)26)34-15-18(2)36-19(3)16-34/h4-7,12-14,17-20,22H,8-11,15-16,31H2,1-3H3/t17-,18?,19?,20+,22-/m0/s1. The van der Waals surface area contributed by atoms with Crippen LogP contribution in [0.2, 0.25) is 0 Å². The fourth-order valence-corrected chi connectivity index (χ4v) is 6.12. The summed E-state index contributed by atoms with van der Waals surface area (Å²) in [7, 11) is 0. The van der Waals surface area contributed by atoms with Crippen molar-refractivity contribution in [1.29, 1.82) is 0 Å². The van der Waals surface area contributed by atoms with Crippen molar-refractivity contribution in [2.45, 2.75) is 70.6 Å². The molecule has 36 heavy (non-hydrogen) atoms. The number of morpholine rings is 1. The van der Waals surface area contributed by atoms with E-state index < -0.39 is 0 Å². The summed E-state index contributed by atoms with van der Waals surface area (Å²) < 4.78 is 20.7. The quantitative estimate of drug-likeness (QED) is 0.505. The number of aromatic nitrogens is 2. The van der Waals surface area contributed by atoms with E-state index >= 15 is 0 Å². The number of nitrogens with zero attached hydrogens (tertiary/aromatic N) is 3. The van der Waals surface area contributed by atoms with Gasteiger partial charge in [0.05, 0.1) is 29.6 Å². The molecule has 0 bridgehead atoms. The molecule has 190 valence electrons. The highest BCUT2D eigenvalue weighted by Gasteiger charge is 2.28. The van der Waals surface area contributed by atoms with Gasteiger partial charge in [-0.2, -0.15) is 0 Å². The molecular formula is C29H35FN4O2. The fourth-order valence-electron chi connectivity index (χ4n) is 6.12. The Balaban J connectivity index is 1.44. The summed E-state index contributed by atoms with van der Waals surface area (Å²) in [5, 5.41) is 0.364. The van der Waals surface area contributed by atoms with Crippen molar-refractivity contribution in [1.82, 2.24) is 9.97 Å². The highest BCUT2D eigenvalue weighted by atomic mass is 19.1. The zero-order chi connectivity index (χ0) is 25.4. The Morgan fingerprint density at radius 3 is 2.64 bits per heavy atom. The van der Waals surface area contributed by atoms with Crippen LogP contribution < -0.4 is 10.6 Å². The van der Waals surface area contributed by atoms with Crippen LogP contribution >= 0.6 is 0 Å². The minimum absolute atomic E-state index is 0.0811. The van der Waals surface area contributed by atoms with Gasteiger partial charge in [0.2, 0.25) is 0 Å². The van der Waals surface area contributed by atoms with Crippen molar-refractivity contribution < 1.29 is 13.9 Å². The molecule has 2 N–H and O–H groups in total.